The van der Waals surface area contributed by atoms with Crippen molar-refractivity contribution < 1.29 is 14.0 Å². The molecule has 2 aliphatic heterocycles. The van der Waals surface area contributed by atoms with Crippen molar-refractivity contribution in [3.8, 4) is 0 Å². The van der Waals surface area contributed by atoms with E-state index in [0.717, 1.165) is 11.1 Å². The lowest BCUT2D eigenvalue weighted by atomic mass is 9.94. The van der Waals surface area contributed by atoms with Gasteiger partial charge in [-0.25, -0.2) is 4.39 Å². The van der Waals surface area contributed by atoms with E-state index in [0.29, 0.717) is 44.5 Å². The van der Waals surface area contributed by atoms with Crippen LogP contribution in [0.25, 0.3) is 0 Å². The van der Waals surface area contributed by atoms with Crippen LogP contribution in [-0.2, 0) is 17.8 Å². The first-order valence-corrected chi connectivity index (χ1v) is 11.8. The summed E-state index contributed by atoms with van der Waals surface area (Å²) < 4.78 is 13.3. The number of carbonyl (C=O) groups excluding carboxylic acids is 2. The molecule has 3 aromatic rings. The Hall–Kier alpha value is -3.51. The van der Waals surface area contributed by atoms with Crippen LogP contribution in [0, 0.1) is 5.82 Å². The maximum absolute atomic E-state index is 13.6. The van der Waals surface area contributed by atoms with E-state index in [9.17, 15) is 14.0 Å². The van der Waals surface area contributed by atoms with E-state index < -0.39 is 5.66 Å². The first-order chi connectivity index (χ1) is 16.5. The third kappa shape index (κ3) is 4.46. The Morgan fingerprint density at radius 1 is 0.882 bits per heavy atom. The fourth-order valence-corrected chi connectivity index (χ4v) is 5.12. The van der Waals surface area contributed by atoms with Crippen LogP contribution in [0.4, 0.5) is 4.39 Å². The molecule has 6 heteroatoms. The molecule has 0 aromatic heterocycles. The molecular formula is C28H28FN3O2. The van der Waals surface area contributed by atoms with Crippen LogP contribution in [0.15, 0.2) is 84.9 Å². The molecule has 34 heavy (non-hydrogen) atoms. The monoisotopic (exact) mass is 457 g/mol. The zero-order chi connectivity index (χ0) is 23.5. The largest absolute Gasteiger partial charge is 0.338 e. The Morgan fingerprint density at radius 3 is 2.09 bits per heavy atom. The lowest BCUT2D eigenvalue weighted by molar-refractivity contribution is -0.134. The molecule has 5 nitrogen and oxygen atoms in total. The first kappa shape index (κ1) is 22.3. The number of rotatable bonds is 5. The highest BCUT2D eigenvalue weighted by Gasteiger charge is 2.51. The predicted octanol–water partition coefficient (Wildman–Crippen LogP) is 4.00. The van der Waals surface area contributed by atoms with Crippen molar-refractivity contribution in [2.24, 2.45) is 0 Å². The minimum atomic E-state index is -0.494. The fourth-order valence-electron chi connectivity index (χ4n) is 5.12. The first-order valence-electron chi connectivity index (χ1n) is 11.8. The summed E-state index contributed by atoms with van der Waals surface area (Å²) in [6.07, 6.45) is 1.92. The fraction of sp³-hybridized carbons (Fsp3) is 0.286. The second kappa shape index (κ2) is 9.39. The third-order valence-electron chi connectivity index (χ3n) is 6.96. The Morgan fingerprint density at radius 2 is 1.47 bits per heavy atom. The molecule has 1 N–H and O–H groups in total. The molecule has 0 bridgehead atoms. The van der Waals surface area contributed by atoms with E-state index in [2.05, 4.69) is 5.32 Å². The van der Waals surface area contributed by atoms with E-state index in [1.54, 1.807) is 4.90 Å². The number of nitrogens with one attached hydrogen (secondary N) is 1. The summed E-state index contributed by atoms with van der Waals surface area (Å²) in [5.74, 6) is -0.357. The number of hydrogen-bond donors (Lipinski definition) is 1. The van der Waals surface area contributed by atoms with Gasteiger partial charge in [0, 0.05) is 38.0 Å². The average molecular weight is 458 g/mol. The van der Waals surface area contributed by atoms with E-state index in [1.165, 1.54) is 24.3 Å². The summed E-state index contributed by atoms with van der Waals surface area (Å²) in [4.78, 5) is 30.3. The highest BCUT2D eigenvalue weighted by Crippen LogP contribution is 2.35. The molecule has 0 radical (unpaired) electrons. The van der Waals surface area contributed by atoms with Crippen LogP contribution in [0.1, 0.15) is 34.3 Å². The van der Waals surface area contributed by atoms with Gasteiger partial charge < -0.3 is 9.80 Å². The molecular weight excluding hydrogens is 429 g/mol. The molecule has 0 unspecified atom stereocenters. The number of piperidine rings is 1. The molecule has 3 aromatic carbocycles. The zero-order valence-corrected chi connectivity index (χ0v) is 19.0. The Labute approximate surface area is 199 Å². The van der Waals surface area contributed by atoms with Gasteiger partial charge in [0.15, 0.2) is 0 Å². The van der Waals surface area contributed by atoms with Gasteiger partial charge >= 0.3 is 0 Å². The van der Waals surface area contributed by atoms with Crippen LogP contribution in [0.5, 0.6) is 0 Å². The number of amides is 2. The van der Waals surface area contributed by atoms with Crippen LogP contribution in [-0.4, -0.2) is 46.4 Å². The van der Waals surface area contributed by atoms with Crippen molar-refractivity contribution in [3.05, 3.63) is 107 Å². The Balaban J connectivity index is 1.35. The standard InChI is InChI=1S/C28H28FN3O2/c29-24-13-11-23(12-14-24)26(33)31-17-15-28(16-18-31)30-25(19-21-7-3-1-4-8-21)27(34)32(28)20-22-9-5-2-6-10-22/h1-14,25,30H,15-20H2/t25-/m0/s1. The molecule has 2 fully saturated rings. The minimum absolute atomic E-state index is 0.102. The Bertz CT molecular complexity index is 1140. The second-order valence-electron chi connectivity index (χ2n) is 9.13. The number of nitrogens with zero attached hydrogens (tertiary/aromatic N) is 2. The van der Waals surface area contributed by atoms with Crippen LogP contribution in [0.3, 0.4) is 0 Å². The number of carbonyl (C=O) groups is 2. The van der Waals surface area contributed by atoms with Gasteiger partial charge in [-0.2, -0.15) is 0 Å². The van der Waals surface area contributed by atoms with Gasteiger partial charge in [0.25, 0.3) is 5.91 Å². The summed E-state index contributed by atoms with van der Waals surface area (Å²) in [6, 6.07) is 25.5. The average Bonchev–Trinajstić information content (AvgIpc) is 3.11. The van der Waals surface area contributed by atoms with Crippen molar-refractivity contribution in [2.75, 3.05) is 13.1 Å². The number of benzene rings is 3. The summed E-state index contributed by atoms with van der Waals surface area (Å²) in [5.41, 5.74) is 2.19. The van der Waals surface area contributed by atoms with E-state index in [-0.39, 0.29) is 23.7 Å². The van der Waals surface area contributed by atoms with Crippen molar-refractivity contribution in [1.29, 1.82) is 0 Å². The molecule has 5 rings (SSSR count). The topological polar surface area (TPSA) is 52.7 Å². The van der Waals surface area contributed by atoms with Gasteiger partial charge in [0.1, 0.15) is 5.82 Å². The highest BCUT2D eigenvalue weighted by molar-refractivity contribution is 5.94. The van der Waals surface area contributed by atoms with Crippen molar-refractivity contribution in [1.82, 2.24) is 15.1 Å². The normalized spacial score (nSPS) is 19.6. The molecule has 174 valence electrons. The summed E-state index contributed by atoms with van der Waals surface area (Å²) in [7, 11) is 0. The maximum atomic E-state index is 13.6. The van der Waals surface area contributed by atoms with E-state index >= 15 is 0 Å². The van der Waals surface area contributed by atoms with Crippen molar-refractivity contribution in [2.45, 2.75) is 37.5 Å². The lowest BCUT2D eigenvalue weighted by Gasteiger charge is -2.44. The maximum Gasteiger partial charge on any atom is 0.253 e. The number of likely N-dealkylation sites (tertiary alicyclic amines) is 1. The number of hydrogen-bond acceptors (Lipinski definition) is 3. The van der Waals surface area contributed by atoms with E-state index in [4.69, 9.17) is 0 Å². The van der Waals surface area contributed by atoms with Crippen LogP contribution in [0.2, 0.25) is 0 Å². The molecule has 1 atom stereocenters. The van der Waals surface area contributed by atoms with Gasteiger partial charge in [-0.1, -0.05) is 60.7 Å². The Kier molecular flexibility index (Phi) is 6.16. The molecule has 1 spiro atoms. The minimum Gasteiger partial charge on any atom is -0.338 e. The molecule has 2 amide bonds. The molecule has 0 aliphatic carbocycles. The molecule has 2 heterocycles. The molecule has 2 saturated heterocycles. The predicted molar refractivity (Wildman–Crippen MR) is 128 cm³/mol. The van der Waals surface area contributed by atoms with E-state index in [1.807, 2.05) is 65.6 Å². The van der Waals surface area contributed by atoms with Gasteiger partial charge in [-0.05, 0) is 41.8 Å². The zero-order valence-electron chi connectivity index (χ0n) is 19.0. The van der Waals surface area contributed by atoms with Gasteiger partial charge in [0.05, 0.1) is 11.7 Å². The molecule has 0 saturated carbocycles. The molecule has 2 aliphatic rings. The van der Waals surface area contributed by atoms with Gasteiger partial charge in [-0.3, -0.25) is 14.9 Å². The number of halogens is 1. The third-order valence-corrected chi connectivity index (χ3v) is 6.96. The summed E-state index contributed by atoms with van der Waals surface area (Å²) in [6.45, 7) is 1.59. The van der Waals surface area contributed by atoms with Crippen LogP contribution >= 0.6 is 0 Å². The van der Waals surface area contributed by atoms with Gasteiger partial charge in [-0.15, -0.1) is 0 Å². The van der Waals surface area contributed by atoms with Gasteiger partial charge in [0.2, 0.25) is 5.91 Å². The van der Waals surface area contributed by atoms with Crippen molar-refractivity contribution in [3.63, 3.8) is 0 Å². The summed E-state index contributed by atoms with van der Waals surface area (Å²) >= 11 is 0. The second-order valence-corrected chi connectivity index (χ2v) is 9.13. The quantitative estimate of drug-likeness (QED) is 0.630. The highest BCUT2D eigenvalue weighted by atomic mass is 19.1. The summed E-state index contributed by atoms with van der Waals surface area (Å²) in [5, 5.41) is 3.67. The smallest absolute Gasteiger partial charge is 0.253 e. The lowest BCUT2D eigenvalue weighted by Crippen LogP contribution is -2.59. The SMILES string of the molecule is O=C(c1ccc(F)cc1)N1CCC2(CC1)N[C@@H](Cc1ccccc1)C(=O)N2Cc1ccccc1. The van der Waals surface area contributed by atoms with Crippen molar-refractivity contribution >= 4 is 11.8 Å². The van der Waals surface area contributed by atoms with Crippen LogP contribution < -0.4 is 5.32 Å².